The highest BCUT2D eigenvalue weighted by atomic mass is 35.5. The number of nitrogens with two attached hydrogens (primary N) is 1. The Morgan fingerprint density at radius 1 is 1.27 bits per heavy atom. The van der Waals surface area contributed by atoms with Crippen LogP contribution < -0.4 is 15.8 Å². The molecule has 1 saturated heterocycles. The number of rotatable bonds is 11. The maximum absolute atomic E-state index is 14.3. The van der Waals surface area contributed by atoms with Gasteiger partial charge in [0.25, 0.3) is 0 Å². The third kappa shape index (κ3) is 7.69. The number of hydrogen-bond acceptors (Lipinski definition) is 9. The van der Waals surface area contributed by atoms with Gasteiger partial charge in [-0.2, -0.15) is 0 Å². The number of carbonyl (C=O) groups excluding carboxylic acids is 1. The summed E-state index contributed by atoms with van der Waals surface area (Å²) in [5.41, 5.74) is 6.45. The van der Waals surface area contributed by atoms with E-state index in [1.807, 2.05) is 19.0 Å². The van der Waals surface area contributed by atoms with Gasteiger partial charge in [0.05, 0.1) is 29.4 Å². The fourth-order valence-corrected chi connectivity index (χ4v) is 4.69. The Balaban J connectivity index is 1.79. The van der Waals surface area contributed by atoms with E-state index in [4.69, 9.17) is 26.8 Å². The molecule has 0 unspecified atom stereocenters. The maximum Gasteiger partial charge on any atom is 0.249 e. The summed E-state index contributed by atoms with van der Waals surface area (Å²) >= 11 is 6.09. The molecule has 10 nitrogen and oxygen atoms in total. The van der Waals surface area contributed by atoms with Crippen LogP contribution in [0.1, 0.15) is 25.0 Å². The summed E-state index contributed by atoms with van der Waals surface area (Å²) in [6.07, 6.45) is 3.13. The van der Waals surface area contributed by atoms with E-state index in [1.165, 1.54) is 18.5 Å². The Morgan fingerprint density at radius 3 is 2.66 bits per heavy atom. The third-order valence-corrected chi connectivity index (χ3v) is 6.98. The molecule has 220 valence electrons. The van der Waals surface area contributed by atoms with Gasteiger partial charge in [-0.05, 0) is 46.1 Å². The van der Waals surface area contributed by atoms with Crippen molar-refractivity contribution in [3.8, 4) is 5.75 Å². The number of ether oxygens (including phenoxy) is 2. The lowest BCUT2D eigenvalue weighted by Gasteiger charge is -2.26. The van der Waals surface area contributed by atoms with E-state index in [-0.39, 0.29) is 10.6 Å². The van der Waals surface area contributed by atoms with Crippen LogP contribution in [0.15, 0.2) is 36.7 Å². The number of anilines is 2. The van der Waals surface area contributed by atoms with Crippen LogP contribution in [0.4, 0.5) is 15.9 Å². The van der Waals surface area contributed by atoms with E-state index in [0.29, 0.717) is 72.2 Å². The number of primary amides is 1. The number of nitrogens with zero attached hydrogens (tertiary/aromatic N) is 4. The molecule has 1 aliphatic heterocycles. The summed E-state index contributed by atoms with van der Waals surface area (Å²) < 4.78 is 26.0. The largest absolute Gasteiger partial charge is 0.492 e. The average Bonchev–Trinajstić information content (AvgIpc) is 2.90. The molecule has 0 spiro atoms. The minimum absolute atomic E-state index is 0.113. The fourth-order valence-electron chi connectivity index (χ4n) is 4.52. The Hall–Kier alpha value is -3.35. The maximum atomic E-state index is 14.3. The molecule has 0 aliphatic carbocycles. The zero-order valence-electron chi connectivity index (χ0n) is 23.7. The van der Waals surface area contributed by atoms with Gasteiger partial charge in [0, 0.05) is 60.0 Å². The van der Waals surface area contributed by atoms with Crippen molar-refractivity contribution in [2.75, 3.05) is 65.4 Å². The molecule has 12 heteroatoms. The molecule has 1 fully saturated rings. The van der Waals surface area contributed by atoms with Gasteiger partial charge in [0.15, 0.2) is 0 Å². The summed E-state index contributed by atoms with van der Waals surface area (Å²) in [7, 11) is 3.78. The van der Waals surface area contributed by atoms with Crippen LogP contribution in [-0.2, 0) is 15.1 Å². The first-order chi connectivity index (χ1) is 19.4. The predicted octanol–water partition coefficient (Wildman–Crippen LogP) is 3.53. The topological polar surface area (TPSA) is 126 Å². The number of fused-ring (bicyclic) bond motifs is 1. The quantitative estimate of drug-likeness (QED) is 0.289. The summed E-state index contributed by atoms with van der Waals surface area (Å²) in [4.78, 5) is 25.6. The van der Waals surface area contributed by atoms with Gasteiger partial charge in [0.1, 0.15) is 30.3 Å². The Morgan fingerprint density at radius 2 is 2.00 bits per heavy atom. The van der Waals surface area contributed by atoms with Gasteiger partial charge in [0.2, 0.25) is 5.91 Å². The standard InChI is InChI=1S/C29H36ClFN6O4/c1-29(2,39)21-14-23(31)22(30)15-25(21)35-28-20-13-19(18(27(32)38)5-6-36(3)4)26(16-24(20)33-17-34-28)41-12-9-37-7-10-40-11-8-37/h5,13-17,39H,6-12H2,1-4H3,(H2,32,38)(H,33,34,35). The van der Waals surface area contributed by atoms with Crippen molar-refractivity contribution in [2.45, 2.75) is 19.4 Å². The molecule has 1 amide bonds. The molecular formula is C29H36ClFN6O4. The third-order valence-electron chi connectivity index (χ3n) is 6.69. The summed E-state index contributed by atoms with van der Waals surface area (Å²) in [5.74, 6) is -0.438. The van der Waals surface area contributed by atoms with Gasteiger partial charge >= 0.3 is 0 Å². The molecule has 0 radical (unpaired) electrons. The Bertz CT molecular complexity index is 1440. The Kier molecular flexibility index (Phi) is 9.77. The Labute approximate surface area is 243 Å². The second-order valence-corrected chi connectivity index (χ2v) is 11.0. The van der Waals surface area contributed by atoms with E-state index in [1.54, 1.807) is 32.1 Å². The van der Waals surface area contributed by atoms with Crippen molar-refractivity contribution < 1.29 is 23.8 Å². The number of nitrogens with one attached hydrogen (secondary N) is 1. The second-order valence-electron chi connectivity index (χ2n) is 10.6. The number of carbonyl (C=O) groups is 1. The van der Waals surface area contributed by atoms with E-state index in [0.717, 1.165) is 13.1 Å². The van der Waals surface area contributed by atoms with Crippen LogP contribution in [0.25, 0.3) is 16.5 Å². The summed E-state index contributed by atoms with van der Waals surface area (Å²) in [5, 5.41) is 14.3. The van der Waals surface area contributed by atoms with Gasteiger partial charge in [-0.1, -0.05) is 17.7 Å². The molecule has 2 heterocycles. The second kappa shape index (κ2) is 13.1. The van der Waals surface area contributed by atoms with Gasteiger partial charge in [-0.15, -0.1) is 0 Å². The number of hydrogen-bond donors (Lipinski definition) is 3. The normalized spacial score (nSPS) is 15.0. The van der Waals surface area contributed by atoms with Crippen molar-refractivity contribution >= 4 is 45.5 Å². The molecule has 1 aliphatic rings. The summed E-state index contributed by atoms with van der Waals surface area (Å²) in [6, 6.07) is 6.09. The smallest absolute Gasteiger partial charge is 0.249 e. The van der Waals surface area contributed by atoms with E-state index >= 15 is 0 Å². The molecule has 1 aromatic heterocycles. The van der Waals surface area contributed by atoms with Gasteiger partial charge < -0.3 is 30.5 Å². The number of benzene rings is 2. The van der Waals surface area contributed by atoms with Gasteiger partial charge in [-0.3, -0.25) is 9.69 Å². The lowest BCUT2D eigenvalue weighted by atomic mass is 9.96. The van der Waals surface area contributed by atoms with E-state index in [2.05, 4.69) is 20.2 Å². The highest BCUT2D eigenvalue weighted by Crippen LogP contribution is 2.37. The van der Waals surface area contributed by atoms with Crippen LogP contribution >= 0.6 is 11.6 Å². The minimum Gasteiger partial charge on any atom is -0.492 e. The molecule has 0 atom stereocenters. The zero-order chi connectivity index (χ0) is 29.7. The first kappa shape index (κ1) is 30.6. The first-order valence-electron chi connectivity index (χ1n) is 13.3. The van der Waals surface area contributed by atoms with Crippen LogP contribution in [0, 0.1) is 5.82 Å². The predicted molar refractivity (Wildman–Crippen MR) is 158 cm³/mol. The average molecular weight is 587 g/mol. The number of halogens is 2. The van der Waals surface area contributed by atoms with Crippen molar-refractivity contribution in [3.63, 3.8) is 0 Å². The number of aliphatic hydroxyl groups is 1. The van der Waals surface area contributed by atoms with Crippen LogP contribution in [0.3, 0.4) is 0 Å². The molecule has 41 heavy (non-hydrogen) atoms. The van der Waals surface area contributed by atoms with Crippen molar-refractivity contribution in [3.05, 3.63) is 58.6 Å². The number of amides is 1. The van der Waals surface area contributed by atoms with Crippen molar-refractivity contribution in [1.29, 1.82) is 0 Å². The highest BCUT2D eigenvalue weighted by molar-refractivity contribution is 6.31. The van der Waals surface area contributed by atoms with Crippen LogP contribution in [0.2, 0.25) is 5.02 Å². The molecule has 0 saturated carbocycles. The minimum atomic E-state index is -1.38. The van der Waals surface area contributed by atoms with Crippen LogP contribution in [-0.4, -0.2) is 90.9 Å². The van der Waals surface area contributed by atoms with Crippen molar-refractivity contribution in [2.24, 2.45) is 5.73 Å². The van der Waals surface area contributed by atoms with E-state index < -0.39 is 17.3 Å². The molecule has 2 aromatic carbocycles. The van der Waals surface area contributed by atoms with Crippen molar-refractivity contribution in [1.82, 2.24) is 19.8 Å². The van der Waals surface area contributed by atoms with Gasteiger partial charge in [-0.25, -0.2) is 14.4 Å². The lowest BCUT2D eigenvalue weighted by molar-refractivity contribution is -0.112. The SMILES string of the molecule is CN(C)CC=C(C(N)=O)c1cc2c(Nc3cc(Cl)c(F)cc3C(C)(C)O)ncnc2cc1OCCN1CCOCC1. The van der Waals surface area contributed by atoms with E-state index in [9.17, 15) is 14.3 Å². The number of morpholine rings is 1. The molecular weight excluding hydrogens is 551 g/mol. The highest BCUT2D eigenvalue weighted by Gasteiger charge is 2.24. The molecule has 4 N–H and O–H groups in total. The monoisotopic (exact) mass is 586 g/mol. The lowest BCUT2D eigenvalue weighted by Crippen LogP contribution is -2.38. The first-order valence-corrected chi connectivity index (χ1v) is 13.7. The molecule has 4 rings (SSSR count). The number of aromatic nitrogens is 2. The molecule has 0 bridgehead atoms. The number of likely N-dealkylation sites (N-methyl/N-ethyl adjacent to an activating group) is 1. The van der Waals surface area contributed by atoms with Crippen LogP contribution in [0.5, 0.6) is 5.75 Å². The summed E-state index contributed by atoms with van der Waals surface area (Å²) in [6.45, 7) is 7.66. The zero-order valence-corrected chi connectivity index (χ0v) is 24.5. The molecule has 3 aromatic rings. The fraction of sp³-hybridized carbons (Fsp3) is 0.414.